The fourth-order valence-corrected chi connectivity index (χ4v) is 2.69. The van der Waals surface area contributed by atoms with Crippen LogP contribution in [0.3, 0.4) is 0 Å². The predicted molar refractivity (Wildman–Crippen MR) is 81.2 cm³/mol. The van der Waals surface area contributed by atoms with Gasteiger partial charge in [0, 0.05) is 24.3 Å². The average molecular weight is 287 g/mol. The van der Waals surface area contributed by atoms with E-state index in [9.17, 15) is 0 Å². The number of thiazole rings is 1. The van der Waals surface area contributed by atoms with Crippen LogP contribution < -0.4 is 10.1 Å². The molecule has 5 heteroatoms. The van der Waals surface area contributed by atoms with Crippen LogP contribution in [-0.2, 0) is 13.2 Å². The van der Waals surface area contributed by atoms with Gasteiger partial charge in [-0.1, -0.05) is 19.1 Å². The Kier molecular flexibility index (Phi) is 3.99. The molecule has 0 unspecified atom stereocenters. The molecule has 4 nitrogen and oxygen atoms in total. The third-order valence-electron chi connectivity index (χ3n) is 3.03. The van der Waals surface area contributed by atoms with Crippen LogP contribution in [0, 0.1) is 0 Å². The fourth-order valence-electron chi connectivity index (χ4n) is 1.98. The predicted octanol–water partition coefficient (Wildman–Crippen LogP) is 3.08. The smallest absolute Gasteiger partial charge is 0.193 e. The summed E-state index contributed by atoms with van der Waals surface area (Å²) in [6.45, 7) is 4.48. The number of rotatable bonds is 6. The molecule has 0 radical (unpaired) electrons. The Bertz CT molecular complexity index is 643. The van der Waals surface area contributed by atoms with E-state index in [1.807, 2.05) is 34.3 Å². The van der Waals surface area contributed by atoms with Crippen molar-refractivity contribution in [2.45, 2.75) is 20.1 Å². The molecule has 2 heterocycles. The summed E-state index contributed by atoms with van der Waals surface area (Å²) in [4.78, 5) is 5.50. The first-order valence-corrected chi connectivity index (χ1v) is 7.56. The van der Waals surface area contributed by atoms with Gasteiger partial charge in [-0.25, -0.2) is 4.98 Å². The van der Waals surface area contributed by atoms with Gasteiger partial charge in [-0.2, -0.15) is 0 Å². The lowest BCUT2D eigenvalue weighted by Gasteiger charge is -2.06. The van der Waals surface area contributed by atoms with Crippen molar-refractivity contribution in [1.29, 1.82) is 0 Å². The first kappa shape index (κ1) is 13.1. The summed E-state index contributed by atoms with van der Waals surface area (Å²) >= 11 is 1.63. The van der Waals surface area contributed by atoms with E-state index < -0.39 is 0 Å². The molecule has 1 N–H and O–H groups in total. The lowest BCUT2D eigenvalue weighted by Crippen LogP contribution is -2.11. The maximum atomic E-state index is 5.76. The number of imidazole rings is 1. The van der Waals surface area contributed by atoms with Crippen LogP contribution in [0.25, 0.3) is 4.96 Å². The molecule has 0 aliphatic carbocycles. The number of nitrogens with one attached hydrogen (secondary N) is 1. The first-order chi connectivity index (χ1) is 9.85. The van der Waals surface area contributed by atoms with Gasteiger partial charge in [-0.15, -0.1) is 11.3 Å². The first-order valence-electron chi connectivity index (χ1n) is 6.68. The lowest BCUT2D eigenvalue weighted by molar-refractivity contribution is 0.302. The standard InChI is InChI=1S/C15H17N3OS/c1-2-16-9-12-3-5-14(6-4-12)19-11-13-10-18-7-8-20-15(18)17-13/h3-8,10,16H,2,9,11H2,1H3. The summed E-state index contributed by atoms with van der Waals surface area (Å²) < 4.78 is 7.78. The number of nitrogens with zero attached hydrogens (tertiary/aromatic N) is 2. The van der Waals surface area contributed by atoms with Crippen molar-refractivity contribution in [3.63, 3.8) is 0 Å². The van der Waals surface area contributed by atoms with Crippen molar-refractivity contribution < 1.29 is 4.74 Å². The molecule has 104 valence electrons. The number of aromatic nitrogens is 2. The highest BCUT2D eigenvalue weighted by Gasteiger charge is 2.03. The lowest BCUT2D eigenvalue weighted by atomic mass is 10.2. The second-order valence-electron chi connectivity index (χ2n) is 4.54. The zero-order valence-corrected chi connectivity index (χ0v) is 12.2. The second kappa shape index (κ2) is 6.07. The van der Waals surface area contributed by atoms with Crippen LogP contribution in [0.5, 0.6) is 5.75 Å². The van der Waals surface area contributed by atoms with E-state index in [1.54, 1.807) is 11.3 Å². The van der Waals surface area contributed by atoms with Crippen molar-refractivity contribution in [2.24, 2.45) is 0 Å². The van der Waals surface area contributed by atoms with Crippen LogP contribution in [0.4, 0.5) is 0 Å². The molecule has 0 fully saturated rings. The van der Waals surface area contributed by atoms with Crippen LogP contribution in [0.1, 0.15) is 18.2 Å². The average Bonchev–Trinajstić information content (AvgIpc) is 3.05. The molecule has 1 aromatic carbocycles. The van der Waals surface area contributed by atoms with Gasteiger partial charge < -0.3 is 10.1 Å². The minimum absolute atomic E-state index is 0.501. The molecule has 0 saturated carbocycles. The van der Waals surface area contributed by atoms with Crippen molar-refractivity contribution in [2.75, 3.05) is 6.54 Å². The number of hydrogen-bond acceptors (Lipinski definition) is 4. The molecular weight excluding hydrogens is 270 g/mol. The van der Waals surface area contributed by atoms with Gasteiger partial charge in [0.1, 0.15) is 12.4 Å². The number of fused-ring (bicyclic) bond motifs is 1. The van der Waals surface area contributed by atoms with Crippen molar-refractivity contribution in [3.8, 4) is 5.75 Å². The second-order valence-corrected chi connectivity index (χ2v) is 5.41. The highest BCUT2D eigenvalue weighted by molar-refractivity contribution is 7.15. The quantitative estimate of drug-likeness (QED) is 0.757. The van der Waals surface area contributed by atoms with E-state index in [4.69, 9.17) is 4.74 Å². The molecule has 2 aromatic heterocycles. The van der Waals surface area contributed by atoms with Gasteiger partial charge in [0.25, 0.3) is 0 Å². The van der Waals surface area contributed by atoms with Gasteiger partial charge in [0.2, 0.25) is 0 Å². The summed E-state index contributed by atoms with van der Waals surface area (Å²) in [7, 11) is 0. The highest BCUT2D eigenvalue weighted by atomic mass is 32.1. The molecule has 0 atom stereocenters. The maximum Gasteiger partial charge on any atom is 0.193 e. The SMILES string of the molecule is CCNCc1ccc(OCc2cn3ccsc3n2)cc1. The Balaban J connectivity index is 1.58. The van der Waals surface area contributed by atoms with Crippen LogP contribution in [0.15, 0.2) is 42.0 Å². The molecule has 0 amide bonds. The van der Waals surface area contributed by atoms with E-state index >= 15 is 0 Å². The molecular formula is C15H17N3OS. The number of ether oxygens (including phenoxy) is 1. The summed E-state index contributed by atoms with van der Waals surface area (Å²) in [5.41, 5.74) is 2.22. The topological polar surface area (TPSA) is 38.6 Å². The zero-order valence-electron chi connectivity index (χ0n) is 11.4. The molecule has 3 rings (SSSR count). The Morgan fingerprint density at radius 3 is 2.90 bits per heavy atom. The van der Waals surface area contributed by atoms with Gasteiger partial charge in [-0.05, 0) is 24.2 Å². The fraction of sp³-hybridized carbons (Fsp3) is 0.267. The largest absolute Gasteiger partial charge is 0.487 e. The summed E-state index contributed by atoms with van der Waals surface area (Å²) in [6.07, 6.45) is 4.01. The number of benzene rings is 1. The van der Waals surface area contributed by atoms with Gasteiger partial charge in [0.15, 0.2) is 4.96 Å². The summed E-state index contributed by atoms with van der Waals surface area (Å²) in [5, 5.41) is 5.33. The van der Waals surface area contributed by atoms with Crippen molar-refractivity contribution >= 4 is 16.3 Å². The van der Waals surface area contributed by atoms with Gasteiger partial charge >= 0.3 is 0 Å². The Morgan fingerprint density at radius 2 is 2.15 bits per heavy atom. The third-order valence-corrected chi connectivity index (χ3v) is 3.80. The molecule has 3 aromatic rings. The molecule has 0 aliphatic heterocycles. The minimum Gasteiger partial charge on any atom is -0.487 e. The molecule has 0 bridgehead atoms. The highest BCUT2D eigenvalue weighted by Crippen LogP contribution is 2.16. The molecule has 0 spiro atoms. The van der Waals surface area contributed by atoms with E-state index in [0.717, 1.165) is 29.5 Å². The van der Waals surface area contributed by atoms with Gasteiger partial charge in [-0.3, -0.25) is 4.40 Å². The summed E-state index contributed by atoms with van der Waals surface area (Å²) in [6, 6.07) is 8.18. The molecule has 20 heavy (non-hydrogen) atoms. The monoisotopic (exact) mass is 287 g/mol. The maximum absolute atomic E-state index is 5.76. The summed E-state index contributed by atoms with van der Waals surface area (Å²) in [5.74, 6) is 0.876. The van der Waals surface area contributed by atoms with Crippen LogP contribution in [0.2, 0.25) is 0 Å². The van der Waals surface area contributed by atoms with E-state index in [0.29, 0.717) is 6.61 Å². The van der Waals surface area contributed by atoms with Crippen molar-refractivity contribution in [1.82, 2.24) is 14.7 Å². The number of hydrogen-bond donors (Lipinski definition) is 1. The van der Waals surface area contributed by atoms with E-state index in [1.165, 1.54) is 5.56 Å². The Morgan fingerprint density at radius 1 is 1.30 bits per heavy atom. The third kappa shape index (κ3) is 3.00. The zero-order chi connectivity index (χ0) is 13.8. The Labute approximate surface area is 122 Å². The minimum atomic E-state index is 0.501. The van der Waals surface area contributed by atoms with Crippen LogP contribution >= 0.6 is 11.3 Å². The normalized spacial score (nSPS) is 11.1. The van der Waals surface area contributed by atoms with E-state index in [2.05, 4.69) is 29.4 Å². The van der Waals surface area contributed by atoms with E-state index in [-0.39, 0.29) is 0 Å². The molecule has 0 saturated heterocycles. The van der Waals surface area contributed by atoms with Crippen LogP contribution in [-0.4, -0.2) is 15.9 Å². The molecule has 0 aliphatic rings. The van der Waals surface area contributed by atoms with Gasteiger partial charge in [0.05, 0.1) is 5.69 Å². The van der Waals surface area contributed by atoms with Crippen molar-refractivity contribution in [3.05, 3.63) is 53.3 Å². The Hall–Kier alpha value is -1.85.